The number of hydrogen-bond acceptors (Lipinski definition) is 5. The summed E-state index contributed by atoms with van der Waals surface area (Å²) in [5.41, 5.74) is 0.630. The lowest BCUT2D eigenvalue weighted by Gasteiger charge is -2.14. The second-order valence-corrected chi connectivity index (χ2v) is 9.15. The molecular formula is C20H24FN3O5S. The third-order valence-electron chi connectivity index (χ3n) is 4.73. The molecular weight excluding hydrogens is 413 g/mol. The van der Waals surface area contributed by atoms with Crippen LogP contribution in [0.3, 0.4) is 0 Å². The predicted molar refractivity (Wildman–Crippen MR) is 111 cm³/mol. The number of imidazole rings is 1. The molecule has 0 radical (unpaired) electrons. The summed E-state index contributed by atoms with van der Waals surface area (Å²) in [6.07, 6.45) is -1.04. The van der Waals surface area contributed by atoms with Gasteiger partial charge in [0, 0.05) is 20.6 Å². The number of nitrogens with zero attached hydrogens (tertiary/aromatic N) is 3. The van der Waals surface area contributed by atoms with Gasteiger partial charge in [-0.3, -0.25) is 9.13 Å². The monoisotopic (exact) mass is 437 g/mol. The van der Waals surface area contributed by atoms with Crippen LogP contribution in [0.4, 0.5) is 4.39 Å². The van der Waals surface area contributed by atoms with E-state index >= 15 is 0 Å². The number of aryl methyl sites for hydroxylation is 1. The number of aromatic nitrogens is 2. The first kappa shape index (κ1) is 22.0. The number of halogens is 1. The summed E-state index contributed by atoms with van der Waals surface area (Å²) in [5.74, 6) is -0.0107. The molecule has 1 aromatic heterocycles. The first-order chi connectivity index (χ1) is 14.1. The fraction of sp³-hybridized carbons (Fsp3) is 0.350. The molecule has 30 heavy (non-hydrogen) atoms. The van der Waals surface area contributed by atoms with E-state index in [2.05, 4.69) is 0 Å². The van der Waals surface area contributed by atoms with Crippen LogP contribution in [0, 0.1) is 5.82 Å². The van der Waals surface area contributed by atoms with Gasteiger partial charge < -0.3 is 9.84 Å². The molecule has 0 aliphatic heterocycles. The fourth-order valence-corrected chi connectivity index (χ4v) is 4.06. The summed E-state index contributed by atoms with van der Waals surface area (Å²) in [5, 5.41) is 10.4. The number of sulfonamides is 1. The van der Waals surface area contributed by atoms with Gasteiger partial charge >= 0.3 is 5.69 Å². The maximum atomic E-state index is 13.0. The van der Waals surface area contributed by atoms with Crippen molar-refractivity contribution in [2.75, 3.05) is 20.7 Å². The summed E-state index contributed by atoms with van der Waals surface area (Å²) >= 11 is 0. The number of aliphatic hydroxyl groups is 1. The van der Waals surface area contributed by atoms with Gasteiger partial charge in [-0.05, 0) is 49.4 Å². The maximum Gasteiger partial charge on any atom is 0.329 e. The summed E-state index contributed by atoms with van der Waals surface area (Å²) in [7, 11) is -0.821. The van der Waals surface area contributed by atoms with E-state index in [0.29, 0.717) is 23.3 Å². The molecule has 162 valence electrons. The van der Waals surface area contributed by atoms with E-state index in [1.54, 1.807) is 6.07 Å². The molecule has 1 heterocycles. The van der Waals surface area contributed by atoms with Crippen LogP contribution in [0.25, 0.3) is 11.0 Å². The molecule has 0 aliphatic rings. The lowest BCUT2D eigenvalue weighted by Crippen LogP contribution is -2.31. The van der Waals surface area contributed by atoms with Crippen molar-refractivity contribution in [2.24, 2.45) is 0 Å². The Hall–Kier alpha value is -2.69. The van der Waals surface area contributed by atoms with Gasteiger partial charge in [-0.15, -0.1) is 0 Å². The van der Waals surface area contributed by atoms with Gasteiger partial charge in [-0.25, -0.2) is 21.9 Å². The van der Waals surface area contributed by atoms with Crippen molar-refractivity contribution < 1.29 is 22.7 Å². The van der Waals surface area contributed by atoms with Crippen LogP contribution in [0.5, 0.6) is 5.75 Å². The first-order valence-corrected chi connectivity index (χ1v) is 10.8. The molecule has 0 saturated carbocycles. The van der Waals surface area contributed by atoms with Gasteiger partial charge in [0.05, 0.1) is 22.5 Å². The smallest absolute Gasteiger partial charge is 0.329 e. The predicted octanol–water partition coefficient (Wildman–Crippen LogP) is 1.65. The lowest BCUT2D eigenvalue weighted by molar-refractivity contribution is 0.0924. The first-order valence-electron chi connectivity index (χ1n) is 9.37. The van der Waals surface area contributed by atoms with Crippen molar-refractivity contribution in [3.63, 3.8) is 0 Å². The zero-order valence-electron chi connectivity index (χ0n) is 16.9. The minimum atomic E-state index is -3.68. The second-order valence-electron chi connectivity index (χ2n) is 6.99. The van der Waals surface area contributed by atoms with E-state index in [-0.39, 0.29) is 23.7 Å². The molecule has 0 saturated heterocycles. The van der Waals surface area contributed by atoms with Crippen LogP contribution in [0.15, 0.2) is 52.2 Å². The van der Waals surface area contributed by atoms with Gasteiger partial charge in [0.2, 0.25) is 10.0 Å². The highest BCUT2D eigenvalue weighted by molar-refractivity contribution is 7.89. The highest BCUT2D eigenvalue weighted by Crippen LogP contribution is 2.21. The molecule has 0 spiro atoms. The number of aliphatic hydroxyl groups excluding tert-OH is 1. The number of fused-ring (bicyclic) bond motifs is 1. The van der Waals surface area contributed by atoms with Crippen molar-refractivity contribution in [2.45, 2.75) is 31.0 Å². The third-order valence-corrected chi connectivity index (χ3v) is 6.55. The van der Waals surface area contributed by atoms with E-state index in [0.717, 1.165) is 4.31 Å². The number of hydrogen-bond donors (Lipinski definition) is 1. The number of benzene rings is 2. The molecule has 10 heteroatoms. The largest absolute Gasteiger partial charge is 0.491 e. The van der Waals surface area contributed by atoms with Crippen LogP contribution in [-0.2, 0) is 23.1 Å². The van der Waals surface area contributed by atoms with Crippen LogP contribution >= 0.6 is 0 Å². The summed E-state index contributed by atoms with van der Waals surface area (Å²) in [6, 6.07) is 9.86. The lowest BCUT2D eigenvalue weighted by atomic mass is 10.3. The summed E-state index contributed by atoms with van der Waals surface area (Å²) in [6.45, 7) is 2.00. The Labute approximate surface area is 173 Å². The molecule has 1 atom stereocenters. The van der Waals surface area contributed by atoms with Crippen molar-refractivity contribution in [1.82, 2.24) is 13.4 Å². The van der Waals surface area contributed by atoms with Gasteiger partial charge in [-0.1, -0.05) is 0 Å². The Morgan fingerprint density at radius 1 is 1.10 bits per heavy atom. The Morgan fingerprint density at radius 3 is 2.37 bits per heavy atom. The molecule has 8 nitrogen and oxygen atoms in total. The molecule has 0 amide bonds. The minimum Gasteiger partial charge on any atom is -0.491 e. The molecule has 3 rings (SSSR count). The molecule has 3 aromatic rings. The van der Waals surface area contributed by atoms with Crippen molar-refractivity contribution in [1.29, 1.82) is 0 Å². The van der Waals surface area contributed by atoms with E-state index in [1.807, 2.05) is 6.92 Å². The Morgan fingerprint density at radius 2 is 1.77 bits per heavy atom. The van der Waals surface area contributed by atoms with Crippen LogP contribution in [-0.4, -0.2) is 53.8 Å². The average Bonchev–Trinajstić information content (AvgIpc) is 2.97. The topological polar surface area (TPSA) is 93.8 Å². The zero-order valence-corrected chi connectivity index (χ0v) is 17.8. The zero-order chi connectivity index (χ0) is 22.1. The van der Waals surface area contributed by atoms with Gasteiger partial charge in [0.15, 0.2) is 0 Å². The maximum absolute atomic E-state index is 13.0. The van der Waals surface area contributed by atoms with E-state index in [4.69, 9.17) is 4.74 Å². The van der Waals surface area contributed by atoms with E-state index in [1.165, 1.54) is 59.6 Å². The van der Waals surface area contributed by atoms with Gasteiger partial charge in [0.1, 0.15) is 24.3 Å². The van der Waals surface area contributed by atoms with E-state index < -0.39 is 21.9 Å². The van der Waals surface area contributed by atoms with Crippen molar-refractivity contribution in [3.8, 4) is 5.75 Å². The summed E-state index contributed by atoms with van der Waals surface area (Å²) in [4.78, 5) is 12.9. The van der Waals surface area contributed by atoms with E-state index in [9.17, 15) is 22.7 Å². The molecule has 0 unspecified atom stereocenters. The SMILES string of the molecule is CCn1c(=O)n(C[C@@H](O)COc2ccc(F)cc2)c2cc(S(=O)(=O)N(C)C)ccc21. The van der Waals surface area contributed by atoms with Gasteiger partial charge in [0.25, 0.3) is 0 Å². The quantitative estimate of drug-likeness (QED) is 0.578. The molecule has 0 aliphatic carbocycles. The number of ether oxygens (including phenoxy) is 1. The Balaban J connectivity index is 1.92. The number of rotatable bonds is 8. The Kier molecular flexibility index (Phi) is 6.30. The molecule has 2 aromatic carbocycles. The standard InChI is InChI=1S/C20H24FN3O5S/c1-4-23-18-10-9-17(30(27,28)22(2)3)11-19(18)24(20(23)26)12-15(25)13-29-16-7-5-14(21)6-8-16/h5-11,15,25H,4,12-13H2,1-3H3/t15-/m1/s1. The fourth-order valence-electron chi connectivity index (χ4n) is 3.14. The minimum absolute atomic E-state index is 0.0547. The third kappa shape index (κ3) is 4.25. The van der Waals surface area contributed by atoms with Crippen molar-refractivity contribution in [3.05, 3.63) is 58.8 Å². The van der Waals surface area contributed by atoms with Crippen molar-refractivity contribution >= 4 is 21.1 Å². The second kappa shape index (κ2) is 8.58. The van der Waals surface area contributed by atoms with Crippen LogP contribution < -0.4 is 10.4 Å². The normalized spacial score (nSPS) is 13.1. The molecule has 0 bridgehead atoms. The van der Waals surface area contributed by atoms with Gasteiger partial charge in [-0.2, -0.15) is 0 Å². The van der Waals surface area contributed by atoms with Crippen LogP contribution in [0.2, 0.25) is 0 Å². The Bertz CT molecular complexity index is 1200. The van der Waals surface area contributed by atoms with Crippen LogP contribution in [0.1, 0.15) is 6.92 Å². The average molecular weight is 437 g/mol. The molecule has 1 N–H and O–H groups in total. The molecule has 0 fully saturated rings. The highest BCUT2D eigenvalue weighted by Gasteiger charge is 2.21. The highest BCUT2D eigenvalue weighted by atomic mass is 32.2. The summed E-state index contributed by atoms with van der Waals surface area (Å²) < 4.78 is 47.3.